The molecule has 0 fully saturated rings. The third-order valence-electron chi connectivity index (χ3n) is 2.91. The maximum Gasteiger partial charge on any atom is 0.312 e. The first-order chi connectivity index (χ1) is 8.70. The van der Waals surface area contributed by atoms with Crippen LogP contribution in [-0.2, 0) is 11.8 Å². The van der Waals surface area contributed by atoms with Gasteiger partial charge in [0.1, 0.15) is 5.75 Å². The fourth-order valence-corrected chi connectivity index (χ4v) is 1.92. The van der Waals surface area contributed by atoms with Crippen LogP contribution >= 0.6 is 0 Å². The Labute approximate surface area is 114 Å². The Balaban J connectivity index is 2.77. The summed E-state index contributed by atoms with van der Waals surface area (Å²) in [6.07, 6.45) is 0.615. The zero-order valence-electron chi connectivity index (χ0n) is 11.7. The Kier molecular flexibility index (Phi) is 4.78. The SMILES string of the molecule is CC(C)(C)c1cc(CC(N)CNC(N)=O)ccc1O. The predicted octanol–water partition coefficient (Wildman–Crippen LogP) is 1.23. The van der Waals surface area contributed by atoms with Gasteiger partial charge in [0.25, 0.3) is 0 Å². The van der Waals surface area contributed by atoms with Crippen molar-refractivity contribution in [2.75, 3.05) is 6.54 Å². The lowest BCUT2D eigenvalue weighted by atomic mass is 9.85. The summed E-state index contributed by atoms with van der Waals surface area (Å²) in [6, 6.07) is 4.71. The number of hydrogen-bond donors (Lipinski definition) is 4. The number of primary amides is 1. The maximum absolute atomic E-state index is 10.6. The highest BCUT2D eigenvalue weighted by atomic mass is 16.3. The lowest BCUT2D eigenvalue weighted by Gasteiger charge is -2.22. The van der Waals surface area contributed by atoms with Gasteiger partial charge in [0.05, 0.1) is 0 Å². The molecule has 106 valence electrons. The molecule has 5 heteroatoms. The minimum absolute atomic E-state index is 0.129. The molecule has 1 unspecified atom stereocenters. The number of carbonyl (C=O) groups excluding carboxylic acids is 1. The van der Waals surface area contributed by atoms with E-state index in [1.807, 2.05) is 32.9 Å². The molecule has 6 N–H and O–H groups in total. The third-order valence-corrected chi connectivity index (χ3v) is 2.91. The lowest BCUT2D eigenvalue weighted by Crippen LogP contribution is -2.40. The minimum atomic E-state index is -0.573. The normalized spacial score (nSPS) is 13.1. The topological polar surface area (TPSA) is 101 Å². The molecule has 0 aromatic heterocycles. The van der Waals surface area contributed by atoms with E-state index in [0.717, 1.165) is 11.1 Å². The molecule has 0 heterocycles. The molecule has 1 aromatic carbocycles. The van der Waals surface area contributed by atoms with Gasteiger partial charge in [-0.15, -0.1) is 0 Å². The highest BCUT2D eigenvalue weighted by Gasteiger charge is 2.18. The first-order valence-corrected chi connectivity index (χ1v) is 6.31. The molecule has 0 bridgehead atoms. The predicted molar refractivity (Wildman–Crippen MR) is 76.1 cm³/mol. The van der Waals surface area contributed by atoms with Gasteiger partial charge in [-0.3, -0.25) is 0 Å². The van der Waals surface area contributed by atoms with Crippen molar-refractivity contribution in [3.8, 4) is 5.75 Å². The summed E-state index contributed by atoms with van der Waals surface area (Å²) in [4.78, 5) is 10.6. The average Bonchev–Trinajstić information content (AvgIpc) is 2.27. The molecule has 0 aliphatic heterocycles. The van der Waals surface area contributed by atoms with Gasteiger partial charge in [0, 0.05) is 12.6 Å². The van der Waals surface area contributed by atoms with Crippen LogP contribution in [0.3, 0.4) is 0 Å². The molecular weight excluding hydrogens is 242 g/mol. The van der Waals surface area contributed by atoms with E-state index in [1.165, 1.54) is 0 Å². The zero-order valence-corrected chi connectivity index (χ0v) is 11.7. The molecule has 0 saturated carbocycles. The number of nitrogens with one attached hydrogen (secondary N) is 1. The van der Waals surface area contributed by atoms with Gasteiger partial charge in [-0.05, 0) is 29.0 Å². The molecule has 1 atom stereocenters. The summed E-state index contributed by atoms with van der Waals surface area (Å²) in [5.41, 5.74) is 12.7. The second-order valence-corrected chi connectivity index (χ2v) is 5.81. The first-order valence-electron chi connectivity index (χ1n) is 6.31. The molecule has 0 radical (unpaired) electrons. The Morgan fingerprint density at radius 3 is 2.58 bits per heavy atom. The number of amides is 2. The standard InChI is InChI=1S/C14H23N3O2/c1-14(2,3)11-7-9(4-5-12(11)18)6-10(15)8-17-13(16)19/h4-5,7,10,18H,6,8,15H2,1-3H3,(H3,16,17,19). The van der Waals surface area contributed by atoms with Crippen LogP contribution in [0, 0.1) is 0 Å². The molecule has 1 rings (SSSR count). The van der Waals surface area contributed by atoms with E-state index in [1.54, 1.807) is 6.07 Å². The van der Waals surface area contributed by atoms with Gasteiger partial charge >= 0.3 is 6.03 Å². The fourth-order valence-electron chi connectivity index (χ4n) is 1.92. The Morgan fingerprint density at radius 1 is 1.42 bits per heavy atom. The van der Waals surface area contributed by atoms with E-state index >= 15 is 0 Å². The van der Waals surface area contributed by atoms with Crippen molar-refractivity contribution >= 4 is 6.03 Å². The van der Waals surface area contributed by atoms with Crippen LogP contribution < -0.4 is 16.8 Å². The van der Waals surface area contributed by atoms with Crippen molar-refractivity contribution in [3.05, 3.63) is 29.3 Å². The molecule has 2 amide bonds. The van der Waals surface area contributed by atoms with Crippen LogP contribution in [0.2, 0.25) is 0 Å². The summed E-state index contributed by atoms with van der Waals surface area (Å²) in [7, 11) is 0. The van der Waals surface area contributed by atoms with Crippen LogP contribution in [-0.4, -0.2) is 23.7 Å². The van der Waals surface area contributed by atoms with Crippen molar-refractivity contribution in [1.82, 2.24) is 5.32 Å². The number of hydrogen-bond acceptors (Lipinski definition) is 3. The lowest BCUT2D eigenvalue weighted by molar-refractivity contribution is 0.248. The third kappa shape index (κ3) is 4.79. The van der Waals surface area contributed by atoms with Crippen molar-refractivity contribution < 1.29 is 9.90 Å². The quantitative estimate of drug-likeness (QED) is 0.658. The number of phenolic OH excluding ortho intramolecular Hbond substituents is 1. The molecule has 5 nitrogen and oxygen atoms in total. The molecule has 0 saturated heterocycles. The van der Waals surface area contributed by atoms with Crippen LogP contribution in [0.4, 0.5) is 4.79 Å². The van der Waals surface area contributed by atoms with Gasteiger partial charge < -0.3 is 21.9 Å². The number of phenols is 1. The fraction of sp³-hybridized carbons (Fsp3) is 0.500. The molecule has 0 spiro atoms. The van der Waals surface area contributed by atoms with E-state index < -0.39 is 6.03 Å². The summed E-state index contributed by atoms with van der Waals surface area (Å²) in [6.45, 7) is 6.46. The molecule has 0 aliphatic carbocycles. The number of nitrogens with two attached hydrogens (primary N) is 2. The van der Waals surface area contributed by atoms with Gasteiger partial charge in [-0.1, -0.05) is 32.9 Å². The molecule has 19 heavy (non-hydrogen) atoms. The first kappa shape index (κ1) is 15.3. The largest absolute Gasteiger partial charge is 0.508 e. The van der Waals surface area contributed by atoms with E-state index in [4.69, 9.17) is 11.5 Å². The van der Waals surface area contributed by atoms with Gasteiger partial charge in [-0.25, -0.2) is 4.79 Å². The van der Waals surface area contributed by atoms with Crippen LogP contribution in [0.25, 0.3) is 0 Å². The second-order valence-electron chi connectivity index (χ2n) is 5.81. The van der Waals surface area contributed by atoms with Crippen LogP contribution in [0.15, 0.2) is 18.2 Å². The van der Waals surface area contributed by atoms with Crippen molar-refractivity contribution in [2.45, 2.75) is 38.6 Å². The van der Waals surface area contributed by atoms with Crippen LogP contribution in [0.1, 0.15) is 31.9 Å². The monoisotopic (exact) mass is 265 g/mol. The van der Waals surface area contributed by atoms with Gasteiger partial charge in [0.15, 0.2) is 0 Å². The summed E-state index contributed by atoms with van der Waals surface area (Å²) < 4.78 is 0. The number of urea groups is 1. The van der Waals surface area contributed by atoms with E-state index in [-0.39, 0.29) is 11.5 Å². The Hall–Kier alpha value is -1.75. The number of carbonyl (C=O) groups is 1. The van der Waals surface area contributed by atoms with E-state index in [2.05, 4.69) is 5.32 Å². The maximum atomic E-state index is 10.6. The van der Waals surface area contributed by atoms with Crippen molar-refractivity contribution in [3.63, 3.8) is 0 Å². The number of benzene rings is 1. The zero-order chi connectivity index (χ0) is 14.6. The molecule has 0 aliphatic rings. The minimum Gasteiger partial charge on any atom is -0.508 e. The molecular formula is C14H23N3O2. The summed E-state index contributed by atoms with van der Waals surface area (Å²) in [5, 5.41) is 12.4. The highest BCUT2D eigenvalue weighted by Crippen LogP contribution is 2.31. The number of rotatable bonds is 4. The summed E-state index contributed by atoms with van der Waals surface area (Å²) in [5.74, 6) is 0.292. The smallest absolute Gasteiger partial charge is 0.312 e. The van der Waals surface area contributed by atoms with Gasteiger partial charge in [-0.2, -0.15) is 0 Å². The van der Waals surface area contributed by atoms with Crippen LogP contribution in [0.5, 0.6) is 5.75 Å². The number of aromatic hydroxyl groups is 1. The van der Waals surface area contributed by atoms with Gasteiger partial charge in [0.2, 0.25) is 0 Å². The van der Waals surface area contributed by atoms with E-state index in [0.29, 0.717) is 18.7 Å². The van der Waals surface area contributed by atoms with Crippen molar-refractivity contribution in [2.24, 2.45) is 11.5 Å². The van der Waals surface area contributed by atoms with E-state index in [9.17, 15) is 9.90 Å². The Bertz CT molecular complexity index is 452. The average molecular weight is 265 g/mol. The second kappa shape index (κ2) is 5.93. The molecule has 1 aromatic rings. The highest BCUT2D eigenvalue weighted by molar-refractivity contribution is 5.71. The summed E-state index contributed by atoms with van der Waals surface area (Å²) >= 11 is 0. The van der Waals surface area contributed by atoms with Crippen molar-refractivity contribution in [1.29, 1.82) is 0 Å². The Morgan fingerprint density at radius 2 is 2.05 bits per heavy atom.